The van der Waals surface area contributed by atoms with E-state index in [-0.39, 0.29) is 5.91 Å². The molecule has 5 heteroatoms. The number of ether oxygens (including phenoxy) is 1. The monoisotopic (exact) mass is 343 g/mol. The zero-order valence-electron chi connectivity index (χ0n) is 13.9. The number of aryl methyl sites for hydroxylation is 3. The fourth-order valence-electron chi connectivity index (χ4n) is 2.74. The number of fused-ring (bicyclic) bond motifs is 1. The lowest BCUT2D eigenvalue weighted by Gasteiger charge is -2.13. The van der Waals surface area contributed by atoms with E-state index in [2.05, 4.69) is 5.32 Å². The van der Waals surface area contributed by atoms with Crippen molar-refractivity contribution in [3.05, 3.63) is 56.8 Å². The molecule has 24 heavy (non-hydrogen) atoms. The number of amides is 1. The Balaban J connectivity index is 1.51. The molecular formula is C19H21NO3S. The highest BCUT2D eigenvalue weighted by molar-refractivity contribution is 7.14. The fraction of sp³-hybridized carbons (Fsp3) is 0.368. The Morgan fingerprint density at radius 2 is 2.00 bits per heavy atom. The lowest BCUT2D eigenvalue weighted by Crippen LogP contribution is -2.35. The number of thiophene rings is 1. The normalized spacial score (nSPS) is 14.1. The van der Waals surface area contributed by atoms with Gasteiger partial charge in [-0.25, -0.2) is 4.79 Å². The largest absolute Gasteiger partial charge is 0.448 e. The van der Waals surface area contributed by atoms with Gasteiger partial charge >= 0.3 is 5.97 Å². The summed E-state index contributed by atoms with van der Waals surface area (Å²) in [5, 5.41) is 2.80. The van der Waals surface area contributed by atoms with E-state index in [1.54, 1.807) is 6.92 Å². The lowest BCUT2D eigenvalue weighted by molar-refractivity contribution is -0.129. The van der Waals surface area contributed by atoms with Gasteiger partial charge in [-0.15, -0.1) is 11.3 Å². The molecule has 0 saturated carbocycles. The van der Waals surface area contributed by atoms with Crippen molar-refractivity contribution in [1.29, 1.82) is 0 Å². The standard InChI is InChI=1S/C19H21NO3S/c1-12-6-8-14(9-7-12)11-20-18(21)13(2)23-19(22)17-10-15-4-3-5-16(15)24-17/h6-10,13H,3-5,11H2,1-2H3,(H,20,21)/t13-/m0/s1. The van der Waals surface area contributed by atoms with E-state index in [1.165, 1.54) is 27.3 Å². The number of esters is 1. The maximum absolute atomic E-state index is 12.2. The number of nitrogens with one attached hydrogen (secondary N) is 1. The van der Waals surface area contributed by atoms with Crippen LogP contribution in [0.3, 0.4) is 0 Å². The van der Waals surface area contributed by atoms with Gasteiger partial charge in [-0.1, -0.05) is 29.8 Å². The molecule has 0 radical (unpaired) electrons. The Hall–Kier alpha value is -2.14. The highest BCUT2D eigenvalue weighted by atomic mass is 32.1. The summed E-state index contributed by atoms with van der Waals surface area (Å²) in [4.78, 5) is 26.2. The van der Waals surface area contributed by atoms with Gasteiger partial charge in [0.1, 0.15) is 4.88 Å². The highest BCUT2D eigenvalue weighted by Crippen LogP contribution is 2.31. The van der Waals surface area contributed by atoms with Crippen LogP contribution in [0.1, 0.15) is 44.6 Å². The molecular weight excluding hydrogens is 322 g/mol. The minimum atomic E-state index is -0.806. The van der Waals surface area contributed by atoms with Crippen LogP contribution in [0.4, 0.5) is 0 Å². The Morgan fingerprint density at radius 1 is 1.25 bits per heavy atom. The van der Waals surface area contributed by atoms with E-state index >= 15 is 0 Å². The summed E-state index contributed by atoms with van der Waals surface area (Å²) >= 11 is 1.49. The molecule has 0 bridgehead atoms. The van der Waals surface area contributed by atoms with Gasteiger partial charge in [0.2, 0.25) is 0 Å². The van der Waals surface area contributed by atoms with Crippen molar-refractivity contribution in [2.75, 3.05) is 0 Å². The van der Waals surface area contributed by atoms with E-state index in [0.29, 0.717) is 11.4 Å². The summed E-state index contributed by atoms with van der Waals surface area (Å²) < 4.78 is 5.30. The summed E-state index contributed by atoms with van der Waals surface area (Å²) in [5.74, 6) is -0.694. The zero-order valence-corrected chi connectivity index (χ0v) is 14.7. The first kappa shape index (κ1) is 16.7. The van der Waals surface area contributed by atoms with Crippen LogP contribution in [0.5, 0.6) is 0 Å². The molecule has 0 aliphatic heterocycles. The smallest absolute Gasteiger partial charge is 0.349 e. The van der Waals surface area contributed by atoms with Crippen molar-refractivity contribution < 1.29 is 14.3 Å². The molecule has 1 heterocycles. The Labute approximate surface area is 145 Å². The molecule has 0 fully saturated rings. The predicted octanol–water partition coefficient (Wildman–Crippen LogP) is 3.41. The van der Waals surface area contributed by atoms with Crippen LogP contribution < -0.4 is 5.32 Å². The molecule has 1 aromatic carbocycles. The second-order valence-corrected chi connectivity index (χ2v) is 7.30. The van der Waals surface area contributed by atoms with Crippen LogP contribution >= 0.6 is 11.3 Å². The first-order valence-electron chi connectivity index (χ1n) is 8.19. The number of hydrogen-bond donors (Lipinski definition) is 1. The average Bonchev–Trinajstić information content (AvgIpc) is 3.15. The van der Waals surface area contributed by atoms with Gasteiger partial charge in [0, 0.05) is 11.4 Å². The summed E-state index contributed by atoms with van der Waals surface area (Å²) in [6.45, 7) is 4.04. The Morgan fingerprint density at radius 3 is 2.71 bits per heavy atom. The summed E-state index contributed by atoms with van der Waals surface area (Å²) in [6.07, 6.45) is 2.43. The predicted molar refractivity (Wildman–Crippen MR) is 94.2 cm³/mol. The minimum Gasteiger partial charge on any atom is -0.448 e. The number of benzene rings is 1. The molecule has 0 spiro atoms. The van der Waals surface area contributed by atoms with E-state index in [4.69, 9.17) is 4.74 Å². The maximum atomic E-state index is 12.2. The first-order chi connectivity index (χ1) is 11.5. The molecule has 1 aromatic heterocycles. The molecule has 1 aliphatic carbocycles. The van der Waals surface area contributed by atoms with Crippen molar-refractivity contribution in [3.63, 3.8) is 0 Å². The average molecular weight is 343 g/mol. The second-order valence-electron chi connectivity index (χ2n) is 6.16. The van der Waals surface area contributed by atoms with Gasteiger partial charge in [-0.3, -0.25) is 4.79 Å². The minimum absolute atomic E-state index is 0.284. The Kier molecular flexibility index (Phi) is 5.00. The van der Waals surface area contributed by atoms with Crippen molar-refractivity contribution in [2.24, 2.45) is 0 Å². The molecule has 1 N–H and O–H groups in total. The molecule has 1 atom stereocenters. The SMILES string of the molecule is Cc1ccc(CNC(=O)[C@H](C)OC(=O)c2cc3c(s2)CCC3)cc1. The molecule has 126 valence electrons. The molecule has 3 rings (SSSR count). The van der Waals surface area contributed by atoms with Crippen molar-refractivity contribution >= 4 is 23.2 Å². The lowest BCUT2D eigenvalue weighted by atomic mass is 10.1. The molecule has 0 saturated heterocycles. The van der Waals surface area contributed by atoms with E-state index < -0.39 is 12.1 Å². The second kappa shape index (κ2) is 7.18. The van der Waals surface area contributed by atoms with Gasteiger partial charge < -0.3 is 10.1 Å². The van der Waals surface area contributed by atoms with Gasteiger partial charge in [0.05, 0.1) is 0 Å². The molecule has 1 amide bonds. The van der Waals surface area contributed by atoms with Crippen LogP contribution in [0, 0.1) is 6.92 Å². The highest BCUT2D eigenvalue weighted by Gasteiger charge is 2.23. The number of carbonyl (C=O) groups excluding carboxylic acids is 2. The molecule has 1 aliphatic rings. The van der Waals surface area contributed by atoms with Crippen LogP contribution in [-0.4, -0.2) is 18.0 Å². The van der Waals surface area contributed by atoms with Gasteiger partial charge in [0.25, 0.3) is 5.91 Å². The van der Waals surface area contributed by atoms with Crippen LogP contribution in [0.25, 0.3) is 0 Å². The number of carbonyl (C=O) groups is 2. The topological polar surface area (TPSA) is 55.4 Å². The third kappa shape index (κ3) is 3.85. The van der Waals surface area contributed by atoms with Crippen molar-refractivity contribution in [1.82, 2.24) is 5.32 Å². The summed E-state index contributed by atoms with van der Waals surface area (Å²) in [6, 6.07) is 9.85. The van der Waals surface area contributed by atoms with E-state index in [9.17, 15) is 9.59 Å². The third-order valence-corrected chi connectivity index (χ3v) is 5.41. The molecule has 4 nitrogen and oxygen atoms in total. The van der Waals surface area contributed by atoms with Crippen molar-refractivity contribution in [2.45, 2.75) is 45.8 Å². The van der Waals surface area contributed by atoms with E-state index in [1.807, 2.05) is 37.3 Å². The van der Waals surface area contributed by atoms with Gasteiger partial charge in [0.15, 0.2) is 6.10 Å². The zero-order chi connectivity index (χ0) is 17.1. The van der Waals surface area contributed by atoms with E-state index in [0.717, 1.165) is 24.8 Å². The van der Waals surface area contributed by atoms with Crippen LogP contribution in [-0.2, 0) is 28.9 Å². The van der Waals surface area contributed by atoms with Crippen LogP contribution in [0.2, 0.25) is 0 Å². The fourth-order valence-corrected chi connectivity index (χ4v) is 3.88. The van der Waals surface area contributed by atoms with Crippen LogP contribution in [0.15, 0.2) is 30.3 Å². The first-order valence-corrected chi connectivity index (χ1v) is 9.00. The Bertz CT molecular complexity index is 727. The molecule has 0 unspecified atom stereocenters. The van der Waals surface area contributed by atoms with Gasteiger partial charge in [-0.05, 0) is 50.3 Å². The third-order valence-electron chi connectivity index (χ3n) is 4.19. The molecule has 2 aromatic rings. The van der Waals surface area contributed by atoms with Crippen molar-refractivity contribution in [3.8, 4) is 0 Å². The maximum Gasteiger partial charge on any atom is 0.349 e. The summed E-state index contributed by atoms with van der Waals surface area (Å²) in [5.41, 5.74) is 3.45. The summed E-state index contributed by atoms with van der Waals surface area (Å²) in [7, 11) is 0. The number of hydrogen-bond acceptors (Lipinski definition) is 4. The number of rotatable bonds is 5. The van der Waals surface area contributed by atoms with Gasteiger partial charge in [-0.2, -0.15) is 0 Å². The quantitative estimate of drug-likeness (QED) is 0.847.